The van der Waals surface area contributed by atoms with Gasteiger partial charge in [0.25, 0.3) is 0 Å². The van der Waals surface area contributed by atoms with Crippen LogP contribution < -0.4 is 5.32 Å². The van der Waals surface area contributed by atoms with Gasteiger partial charge in [0, 0.05) is 11.0 Å². The minimum atomic E-state index is -0.308. The normalized spacial score (nSPS) is 12.6. The topological polar surface area (TPSA) is 38.3 Å². The molecule has 1 rings (SSSR count). The van der Waals surface area contributed by atoms with E-state index >= 15 is 0 Å². The van der Waals surface area contributed by atoms with Crippen LogP contribution in [0.2, 0.25) is 5.02 Å². The lowest BCUT2D eigenvalue weighted by molar-refractivity contribution is -0.144. The van der Waals surface area contributed by atoms with Gasteiger partial charge in [-0.05, 0) is 39.5 Å². The van der Waals surface area contributed by atoms with Crippen molar-refractivity contribution >= 4 is 33.5 Å². The summed E-state index contributed by atoms with van der Waals surface area (Å²) in [7, 11) is 1.40. The molecule has 0 saturated heterocycles. The SMILES string of the molecule is COC(=O)C(NCc1ccc(Br)c(Cl)c1)C(C)C. The minimum Gasteiger partial charge on any atom is -0.468 e. The fraction of sp³-hybridized carbons (Fsp3) is 0.462. The Morgan fingerprint density at radius 1 is 1.50 bits per heavy atom. The summed E-state index contributed by atoms with van der Waals surface area (Å²) in [6.45, 7) is 4.53. The molecule has 100 valence electrons. The molecule has 0 bridgehead atoms. The molecule has 3 nitrogen and oxygen atoms in total. The van der Waals surface area contributed by atoms with Crippen molar-refractivity contribution in [2.45, 2.75) is 26.4 Å². The largest absolute Gasteiger partial charge is 0.468 e. The first-order chi connectivity index (χ1) is 8.45. The van der Waals surface area contributed by atoms with Gasteiger partial charge in [0.1, 0.15) is 6.04 Å². The Labute approximate surface area is 121 Å². The number of rotatable bonds is 5. The van der Waals surface area contributed by atoms with E-state index in [2.05, 4.69) is 21.2 Å². The highest BCUT2D eigenvalue weighted by Gasteiger charge is 2.22. The molecular formula is C13H17BrClNO2. The molecule has 0 heterocycles. The fourth-order valence-corrected chi connectivity index (χ4v) is 2.05. The second kappa shape index (κ2) is 7.12. The molecule has 1 unspecified atom stereocenters. The second-order valence-electron chi connectivity index (χ2n) is 4.37. The lowest BCUT2D eigenvalue weighted by atomic mass is 10.0. The van der Waals surface area contributed by atoms with E-state index in [-0.39, 0.29) is 17.9 Å². The Kier molecular flexibility index (Phi) is 6.12. The van der Waals surface area contributed by atoms with Crippen LogP contribution in [-0.4, -0.2) is 19.1 Å². The van der Waals surface area contributed by atoms with Crippen LogP contribution in [0.25, 0.3) is 0 Å². The van der Waals surface area contributed by atoms with Gasteiger partial charge in [0.05, 0.1) is 12.1 Å². The van der Waals surface area contributed by atoms with Gasteiger partial charge < -0.3 is 10.1 Å². The summed E-state index contributed by atoms with van der Waals surface area (Å²) >= 11 is 9.36. The Balaban J connectivity index is 2.67. The summed E-state index contributed by atoms with van der Waals surface area (Å²) in [6.07, 6.45) is 0. The van der Waals surface area contributed by atoms with Crippen molar-refractivity contribution in [3.8, 4) is 0 Å². The van der Waals surface area contributed by atoms with Gasteiger partial charge in [-0.2, -0.15) is 0 Å². The van der Waals surface area contributed by atoms with E-state index in [1.165, 1.54) is 7.11 Å². The van der Waals surface area contributed by atoms with E-state index in [0.717, 1.165) is 10.0 Å². The molecule has 0 fully saturated rings. The summed E-state index contributed by atoms with van der Waals surface area (Å²) in [6, 6.07) is 5.41. The van der Waals surface area contributed by atoms with Gasteiger partial charge in [0.2, 0.25) is 0 Å². The molecule has 0 radical (unpaired) electrons. The van der Waals surface area contributed by atoms with Gasteiger partial charge >= 0.3 is 5.97 Å². The number of hydrogen-bond acceptors (Lipinski definition) is 3. The molecular weight excluding hydrogens is 318 g/mol. The van der Waals surface area contributed by atoms with Gasteiger partial charge in [0.15, 0.2) is 0 Å². The van der Waals surface area contributed by atoms with Gasteiger partial charge in [-0.15, -0.1) is 0 Å². The summed E-state index contributed by atoms with van der Waals surface area (Å²) < 4.78 is 5.63. The molecule has 0 spiro atoms. The molecule has 0 aliphatic heterocycles. The summed E-state index contributed by atoms with van der Waals surface area (Å²) in [5, 5.41) is 3.84. The summed E-state index contributed by atoms with van der Waals surface area (Å²) in [5.74, 6) is -0.0726. The number of esters is 1. The number of nitrogens with one attached hydrogen (secondary N) is 1. The molecule has 0 saturated carbocycles. The second-order valence-corrected chi connectivity index (χ2v) is 5.64. The molecule has 1 aromatic rings. The van der Waals surface area contributed by atoms with Crippen LogP contribution in [0, 0.1) is 5.92 Å². The summed E-state index contributed by atoms with van der Waals surface area (Å²) in [4.78, 5) is 11.6. The zero-order chi connectivity index (χ0) is 13.7. The van der Waals surface area contributed by atoms with Gasteiger partial charge in [-0.1, -0.05) is 31.5 Å². The van der Waals surface area contributed by atoms with E-state index in [1.807, 2.05) is 32.0 Å². The maximum Gasteiger partial charge on any atom is 0.323 e. The van der Waals surface area contributed by atoms with Crippen LogP contribution in [0.5, 0.6) is 0 Å². The van der Waals surface area contributed by atoms with Gasteiger partial charge in [-0.25, -0.2) is 0 Å². The number of carbonyl (C=O) groups is 1. The molecule has 0 amide bonds. The van der Waals surface area contributed by atoms with Crippen molar-refractivity contribution < 1.29 is 9.53 Å². The molecule has 0 aromatic heterocycles. The Morgan fingerprint density at radius 3 is 2.67 bits per heavy atom. The number of benzene rings is 1. The first-order valence-electron chi connectivity index (χ1n) is 5.70. The molecule has 0 aliphatic rings. The van der Waals surface area contributed by atoms with Crippen molar-refractivity contribution in [2.75, 3.05) is 7.11 Å². The predicted octanol–water partition coefficient (Wildman–Crippen LogP) is 3.39. The van der Waals surface area contributed by atoms with Crippen LogP contribution in [-0.2, 0) is 16.1 Å². The number of ether oxygens (including phenoxy) is 1. The Morgan fingerprint density at radius 2 is 2.17 bits per heavy atom. The van der Waals surface area contributed by atoms with Crippen molar-refractivity contribution in [3.63, 3.8) is 0 Å². The van der Waals surface area contributed by atoms with E-state index in [0.29, 0.717) is 11.6 Å². The Bertz CT molecular complexity index is 423. The van der Waals surface area contributed by atoms with Crippen molar-refractivity contribution in [1.82, 2.24) is 5.32 Å². The highest BCUT2D eigenvalue weighted by molar-refractivity contribution is 9.10. The van der Waals surface area contributed by atoms with E-state index < -0.39 is 0 Å². The maximum absolute atomic E-state index is 11.6. The van der Waals surface area contributed by atoms with Crippen molar-refractivity contribution in [3.05, 3.63) is 33.3 Å². The van der Waals surface area contributed by atoms with Crippen LogP contribution in [0.15, 0.2) is 22.7 Å². The average Bonchev–Trinajstić information content (AvgIpc) is 2.33. The van der Waals surface area contributed by atoms with E-state index in [1.54, 1.807) is 0 Å². The quantitative estimate of drug-likeness (QED) is 0.839. The third-order valence-corrected chi connectivity index (χ3v) is 3.86. The third-order valence-electron chi connectivity index (χ3n) is 2.63. The lowest BCUT2D eigenvalue weighted by Gasteiger charge is -2.20. The Hall–Kier alpha value is -0.580. The van der Waals surface area contributed by atoms with Crippen LogP contribution in [0.3, 0.4) is 0 Å². The number of hydrogen-bond donors (Lipinski definition) is 1. The zero-order valence-electron chi connectivity index (χ0n) is 10.7. The smallest absolute Gasteiger partial charge is 0.323 e. The highest BCUT2D eigenvalue weighted by Crippen LogP contribution is 2.23. The fourth-order valence-electron chi connectivity index (χ4n) is 1.60. The monoisotopic (exact) mass is 333 g/mol. The summed E-state index contributed by atoms with van der Waals surface area (Å²) in [5.41, 5.74) is 1.03. The van der Waals surface area contributed by atoms with Crippen molar-refractivity contribution in [1.29, 1.82) is 0 Å². The maximum atomic E-state index is 11.6. The lowest BCUT2D eigenvalue weighted by Crippen LogP contribution is -2.41. The predicted molar refractivity (Wildman–Crippen MR) is 76.6 cm³/mol. The van der Waals surface area contributed by atoms with E-state index in [9.17, 15) is 4.79 Å². The van der Waals surface area contributed by atoms with Crippen LogP contribution in [0.4, 0.5) is 0 Å². The average molecular weight is 335 g/mol. The first-order valence-corrected chi connectivity index (χ1v) is 6.88. The minimum absolute atomic E-state index is 0.170. The number of methoxy groups -OCH3 is 1. The van der Waals surface area contributed by atoms with Crippen LogP contribution >= 0.6 is 27.5 Å². The molecule has 1 aromatic carbocycles. The zero-order valence-corrected chi connectivity index (χ0v) is 13.0. The first kappa shape index (κ1) is 15.5. The molecule has 5 heteroatoms. The number of halogens is 2. The van der Waals surface area contributed by atoms with Gasteiger partial charge in [-0.3, -0.25) is 4.79 Å². The molecule has 1 N–H and O–H groups in total. The van der Waals surface area contributed by atoms with Crippen LogP contribution in [0.1, 0.15) is 19.4 Å². The molecule has 1 atom stereocenters. The highest BCUT2D eigenvalue weighted by atomic mass is 79.9. The number of carbonyl (C=O) groups excluding carboxylic acids is 1. The van der Waals surface area contributed by atoms with E-state index in [4.69, 9.17) is 16.3 Å². The standard InChI is InChI=1S/C13H17BrClNO2/c1-8(2)12(13(17)18-3)16-7-9-4-5-10(14)11(15)6-9/h4-6,8,12,16H,7H2,1-3H3. The third kappa shape index (κ3) is 4.26. The molecule has 18 heavy (non-hydrogen) atoms. The van der Waals surface area contributed by atoms with Crippen molar-refractivity contribution in [2.24, 2.45) is 5.92 Å². The molecule has 0 aliphatic carbocycles.